The van der Waals surface area contributed by atoms with Crippen LogP contribution in [-0.4, -0.2) is 42.8 Å². The second-order valence-electron chi connectivity index (χ2n) is 10.7. The summed E-state index contributed by atoms with van der Waals surface area (Å²) in [6.07, 6.45) is 9.51. The van der Waals surface area contributed by atoms with Crippen molar-refractivity contribution >= 4 is 45.2 Å². The Morgan fingerprint density at radius 2 is 1.65 bits per heavy atom. The zero-order chi connectivity index (χ0) is 28.1. The van der Waals surface area contributed by atoms with Gasteiger partial charge >= 0.3 is 0 Å². The van der Waals surface area contributed by atoms with E-state index in [4.69, 9.17) is 13.7 Å². The van der Waals surface area contributed by atoms with Crippen LogP contribution < -0.4 is 15.8 Å². The molecule has 4 aromatic rings. The summed E-state index contributed by atoms with van der Waals surface area (Å²) < 4.78 is 17.6. The summed E-state index contributed by atoms with van der Waals surface area (Å²) in [5.74, 6) is 0.634. The van der Waals surface area contributed by atoms with E-state index in [1.54, 1.807) is 0 Å². The van der Waals surface area contributed by atoms with Crippen molar-refractivity contribution in [3.8, 4) is 0 Å². The van der Waals surface area contributed by atoms with Gasteiger partial charge in [0.1, 0.15) is 0 Å². The van der Waals surface area contributed by atoms with Gasteiger partial charge in [0.25, 0.3) is 0 Å². The smallest absolute Gasteiger partial charge is 0.227 e. The minimum atomic E-state index is -2.36. The molecule has 9 heteroatoms. The number of hydrogen-bond acceptors (Lipinski definition) is 7. The summed E-state index contributed by atoms with van der Waals surface area (Å²) in [6.45, 7) is 6.86. The first-order valence-corrected chi connectivity index (χ1v) is 15.1. The molecule has 8 nitrogen and oxygen atoms in total. The minimum Gasteiger partial charge on any atom is -0.760 e. The van der Waals surface area contributed by atoms with Crippen molar-refractivity contribution < 1.29 is 8.76 Å². The molecule has 0 spiro atoms. The lowest BCUT2D eigenvalue weighted by Crippen LogP contribution is -2.32. The van der Waals surface area contributed by atoms with Gasteiger partial charge < -0.3 is 20.1 Å². The van der Waals surface area contributed by atoms with Gasteiger partial charge in [0.05, 0.1) is 5.52 Å². The Kier molecular flexibility index (Phi) is 9.06. The van der Waals surface area contributed by atoms with Crippen LogP contribution in [0.5, 0.6) is 0 Å². The first kappa shape index (κ1) is 28.2. The number of hydrogen-bond donors (Lipinski definition) is 3. The van der Waals surface area contributed by atoms with Crippen LogP contribution >= 0.6 is 0 Å². The standard InChI is InChI=1S/C31H35N5.H3NO2S/c1-21-6-5-7-29(22(21)2)33-27-13-9-25-20-32-31(35-30(25)19-27)34-26-12-8-23-10-14-28(15-11-24(23)18-26)36-16-3-4-17-36;1-4(2)3/h5-9,12-13,18-20,28,33H,3-4,10-11,14-17H2,1-2H3,(H,32,34,35);1H2,(H,2,3)/p-1. The number of nitrogens with two attached hydrogens (primary N) is 1. The van der Waals surface area contributed by atoms with Gasteiger partial charge in [-0.15, -0.1) is 0 Å². The molecular weight excluding hydrogens is 520 g/mol. The molecule has 1 fully saturated rings. The number of aromatic nitrogens is 2. The van der Waals surface area contributed by atoms with Gasteiger partial charge in [-0.3, -0.25) is 9.35 Å². The van der Waals surface area contributed by atoms with E-state index in [2.05, 4.69) is 94.1 Å². The molecular formula is C31H37N6O2S-. The highest BCUT2D eigenvalue weighted by atomic mass is 32.2. The fraction of sp³-hybridized carbons (Fsp3) is 0.355. The minimum absolute atomic E-state index is 0.634. The summed E-state index contributed by atoms with van der Waals surface area (Å²) in [6, 6.07) is 20.1. The zero-order valence-corrected chi connectivity index (χ0v) is 24.0. The Morgan fingerprint density at radius 3 is 2.42 bits per heavy atom. The Morgan fingerprint density at radius 1 is 0.950 bits per heavy atom. The molecule has 0 bridgehead atoms. The largest absolute Gasteiger partial charge is 0.760 e. The fourth-order valence-corrected chi connectivity index (χ4v) is 5.77. The first-order chi connectivity index (χ1) is 19.4. The zero-order valence-electron chi connectivity index (χ0n) is 23.2. The lowest BCUT2D eigenvalue weighted by Gasteiger charge is -2.25. The number of nitrogens with one attached hydrogen (secondary N) is 2. The lowest BCUT2D eigenvalue weighted by atomic mass is 10.0. The van der Waals surface area contributed by atoms with Crippen molar-refractivity contribution in [1.82, 2.24) is 14.9 Å². The lowest BCUT2D eigenvalue weighted by molar-refractivity contribution is 0.222. The number of fused-ring (bicyclic) bond motifs is 2. The maximum Gasteiger partial charge on any atom is 0.227 e. The third-order valence-corrected chi connectivity index (χ3v) is 8.08. The van der Waals surface area contributed by atoms with Gasteiger partial charge in [0, 0.05) is 46.0 Å². The van der Waals surface area contributed by atoms with Crippen LogP contribution in [-0.2, 0) is 24.1 Å². The van der Waals surface area contributed by atoms with E-state index in [9.17, 15) is 0 Å². The van der Waals surface area contributed by atoms with Crippen molar-refractivity contribution in [3.05, 3.63) is 83.0 Å². The second kappa shape index (κ2) is 12.9. The third-order valence-electron chi connectivity index (χ3n) is 8.08. The van der Waals surface area contributed by atoms with Crippen LogP contribution in [0.25, 0.3) is 10.9 Å². The number of rotatable bonds is 5. The van der Waals surface area contributed by atoms with Gasteiger partial charge in [-0.05, 0) is 124 Å². The number of anilines is 4. The van der Waals surface area contributed by atoms with E-state index in [1.165, 1.54) is 67.4 Å². The first-order valence-electron chi connectivity index (χ1n) is 13.9. The van der Waals surface area contributed by atoms with Crippen molar-refractivity contribution in [2.45, 2.75) is 58.4 Å². The van der Waals surface area contributed by atoms with Crippen LogP contribution in [0.1, 0.15) is 47.9 Å². The number of benzene rings is 3. The Balaban J connectivity index is 0.000000758. The molecule has 1 aliphatic carbocycles. The Bertz CT molecular complexity index is 1500. The van der Waals surface area contributed by atoms with Crippen molar-refractivity contribution in [1.29, 1.82) is 0 Å². The van der Waals surface area contributed by atoms with Gasteiger partial charge in [0.2, 0.25) is 5.95 Å². The molecule has 4 N–H and O–H groups in total. The molecule has 2 atom stereocenters. The molecule has 0 amide bonds. The molecule has 2 unspecified atom stereocenters. The maximum atomic E-state index is 8.78. The molecule has 2 aliphatic rings. The topological polar surface area (TPSA) is 119 Å². The van der Waals surface area contributed by atoms with E-state index in [0.29, 0.717) is 5.95 Å². The van der Waals surface area contributed by atoms with Crippen LogP contribution in [0.3, 0.4) is 0 Å². The van der Waals surface area contributed by atoms with Gasteiger partial charge in [-0.2, -0.15) is 0 Å². The molecule has 40 heavy (non-hydrogen) atoms. The van der Waals surface area contributed by atoms with Gasteiger partial charge in [-0.25, -0.2) is 9.97 Å². The summed E-state index contributed by atoms with van der Waals surface area (Å²) in [7, 11) is 0. The van der Waals surface area contributed by atoms with E-state index < -0.39 is 11.3 Å². The SMILES string of the molecule is Cc1cccc(Nc2ccc3cnc(Nc4ccc5c(c4)CCC(N4CCCC4)CC5)nc3c2)c1C.NS(=O)[O-]. The predicted octanol–water partition coefficient (Wildman–Crippen LogP) is 5.82. The van der Waals surface area contributed by atoms with Crippen LogP contribution in [0.4, 0.5) is 23.0 Å². The molecule has 6 rings (SSSR count). The molecule has 0 radical (unpaired) electrons. The van der Waals surface area contributed by atoms with E-state index >= 15 is 0 Å². The predicted molar refractivity (Wildman–Crippen MR) is 163 cm³/mol. The molecule has 1 saturated heterocycles. The van der Waals surface area contributed by atoms with Gasteiger partial charge in [-0.1, -0.05) is 18.2 Å². The summed E-state index contributed by atoms with van der Waals surface area (Å²) in [5.41, 5.74) is 9.66. The molecule has 210 valence electrons. The van der Waals surface area contributed by atoms with Crippen LogP contribution in [0, 0.1) is 13.8 Å². The molecule has 3 aromatic carbocycles. The molecule has 0 saturated carbocycles. The van der Waals surface area contributed by atoms with Crippen LogP contribution in [0.2, 0.25) is 0 Å². The number of likely N-dealkylation sites (tertiary alicyclic amines) is 1. The highest BCUT2D eigenvalue weighted by Crippen LogP contribution is 2.29. The quantitative estimate of drug-likeness (QED) is 0.209. The highest BCUT2D eigenvalue weighted by Gasteiger charge is 2.24. The van der Waals surface area contributed by atoms with E-state index in [1.807, 2.05) is 6.20 Å². The molecule has 2 heterocycles. The number of aryl methyl sites for hydroxylation is 3. The number of nitrogens with zero attached hydrogens (tertiary/aromatic N) is 3. The van der Waals surface area contributed by atoms with Crippen molar-refractivity contribution in [3.63, 3.8) is 0 Å². The average molecular weight is 558 g/mol. The summed E-state index contributed by atoms with van der Waals surface area (Å²) >= 11 is -2.36. The fourth-order valence-electron chi connectivity index (χ4n) is 5.77. The normalized spacial score (nSPS) is 17.9. The van der Waals surface area contributed by atoms with E-state index in [-0.39, 0.29) is 0 Å². The van der Waals surface area contributed by atoms with Crippen LogP contribution in [0.15, 0.2) is 60.8 Å². The second-order valence-corrected chi connectivity index (χ2v) is 11.2. The molecule has 1 aromatic heterocycles. The average Bonchev–Trinajstić information content (AvgIpc) is 3.38. The monoisotopic (exact) mass is 557 g/mol. The van der Waals surface area contributed by atoms with Gasteiger partial charge in [0.15, 0.2) is 0 Å². The Hall–Kier alpha value is -3.37. The maximum absolute atomic E-state index is 8.78. The third kappa shape index (κ3) is 7.03. The molecule has 1 aliphatic heterocycles. The Labute approximate surface area is 238 Å². The summed E-state index contributed by atoms with van der Waals surface area (Å²) in [4.78, 5) is 12.1. The van der Waals surface area contributed by atoms with Crippen molar-refractivity contribution in [2.24, 2.45) is 5.14 Å². The van der Waals surface area contributed by atoms with E-state index in [0.717, 1.165) is 40.4 Å². The summed E-state index contributed by atoms with van der Waals surface area (Å²) in [5, 5.41) is 12.1. The highest BCUT2D eigenvalue weighted by molar-refractivity contribution is 7.76. The van der Waals surface area contributed by atoms with Crippen molar-refractivity contribution in [2.75, 3.05) is 23.7 Å².